The second kappa shape index (κ2) is 2.38. The van der Waals surface area contributed by atoms with E-state index in [4.69, 9.17) is 0 Å². The molecule has 71 valence electrons. The maximum Gasteiger partial charge on any atom is 0.113 e. The quantitative estimate of drug-likeness (QED) is 0.727. The molecular weight excluding hydrogens is 172 g/mol. The first kappa shape index (κ1) is 8.04. The molecular formula is C12H13N2. The number of nitrogens with zero attached hydrogens (tertiary/aromatic N) is 1. The highest BCUT2D eigenvalue weighted by atomic mass is 15.0. The van der Waals surface area contributed by atoms with Crippen molar-refractivity contribution in [1.82, 2.24) is 9.97 Å². The van der Waals surface area contributed by atoms with E-state index in [1.807, 2.05) is 12.1 Å². The van der Waals surface area contributed by atoms with Gasteiger partial charge in [0.05, 0.1) is 11.0 Å². The van der Waals surface area contributed by atoms with E-state index in [0.29, 0.717) is 5.41 Å². The molecule has 1 aromatic heterocycles. The summed E-state index contributed by atoms with van der Waals surface area (Å²) in [5.41, 5.74) is 3.45. The number of para-hydroxylation sites is 1. The summed E-state index contributed by atoms with van der Waals surface area (Å²) in [5.74, 6) is 1.13. The summed E-state index contributed by atoms with van der Waals surface area (Å²) in [4.78, 5) is 8.02. The van der Waals surface area contributed by atoms with E-state index in [9.17, 15) is 0 Å². The third-order valence-corrected chi connectivity index (χ3v) is 3.17. The van der Waals surface area contributed by atoms with Crippen LogP contribution in [0.5, 0.6) is 0 Å². The van der Waals surface area contributed by atoms with Gasteiger partial charge in [-0.25, -0.2) is 4.98 Å². The van der Waals surface area contributed by atoms with Crippen molar-refractivity contribution in [3.8, 4) is 0 Å². The molecule has 1 aliphatic carbocycles. The zero-order valence-electron chi connectivity index (χ0n) is 8.30. The topological polar surface area (TPSA) is 28.7 Å². The van der Waals surface area contributed by atoms with Crippen molar-refractivity contribution in [2.75, 3.05) is 0 Å². The molecule has 2 heteroatoms. The van der Waals surface area contributed by atoms with Crippen LogP contribution in [0.3, 0.4) is 0 Å². The fourth-order valence-electron chi connectivity index (χ4n) is 1.80. The number of benzene rings is 1. The van der Waals surface area contributed by atoms with Crippen LogP contribution in [-0.4, -0.2) is 9.97 Å². The molecule has 2 aromatic rings. The number of rotatable bonds is 1. The number of imidazole rings is 1. The van der Waals surface area contributed by atoms with Gasteiger partial charge in [-0.3, -0.25) is 0 Å². The van der Waals surface area contributed by atoms with Gasteiger partial charge in [-0.1, -0.05) is 19.1 Å². The highest BCUT2D eigenvalue weighted by molar-refractivity contribution is 5.79. The summed E-state index contributed by atoms with van der Waals surface area (Å²) < 4.78 is 0. The molecule has 1 fully saturated rings. The van der Waals surface area contributed by atoms with Crippen molar-refractivity contribution in [1.29, 1.82) is 0 Å². The maximum atomic E-state index is 4.63. The second-order valence-electron chi connectivity index (χ2n) is 4.46. The lowest BCUT2D eigenvalue weighted by Crippen LogP contribution is -2.01. The predicted molar refractivity (Wildman–Crippen MR) is 57.1 cm³/mol. The standard InChI is InChI=1S/C12H13N2/c1-8-4-3-5-9-10(8)14-11(13-9)12(2)6-7-12/h3-5H,1,6-7H2,2H3,(H,13,14). The molecule has 2 nitrogen and oxygen atoms in total. The molecule has 0 spiro atoms. The lowest BCUT2D eigenvalue weighted by molar-refractivity contribution is 0.728. The molecule has 0 unspecified atom stereocenters. The van der Waals surface area contributed by atoms with Gasteiger partial charge >= 0.3 is 0 Å². The first-order chi connectivity index (χ1) is 6.69. The Kier molecular flexibility index (Phi) is 1.37. The van der Waals surface area contributed by atoms with E-state index >= 15 is 0 Å². The van der Waals surface area contributed by atoms with Crippen molar-refractivity contribution in [2.45, 2.75) is 25.2 Å². The van der Waals surface area contributed by atoms with Crippen molar-refractivity contribution < 1.29 is 0 Å². The van der Waals surface area contributed by atoms with E-state index in [2.05, 4.69) is 29.9 Å². The molecule has 1 N–H and O–H groups in total. The van der Waals surface area contributed by atoms with E-state index in [-0.39, 0.29) is 0 Å². The van der Waals surface area contributed by atoms with Gasteiger partial charge in [0.25, 0.3) is 0 Å². The normalized spacial score (nSPS) is 18.7. The summed E-state index contributed by atoms with van der Waals surface area (Å²) in [6, 6.07) is 6.08. The Morgan fingerprint density at radius 2 is 2.21 bits per heavy atom. The van der Waals surface area contributed by atoms with Crippen LogP contribution >= 0.6 is 0 Å². The van der Waals surface area contributed by atoms with Gasteiger partial charge in [-0.2, -0.15) is 0 Å². The molecule has 14 heavy (non-hydrogen) atoms. The molecule has 0 bridgehead atoms. The average Bonchev–Trinajstić information content (AvgIpc) is 2.77. The van der Waals surface area contributed by atoms with Crippen LogP contribution in [0.15, 0.2) is 18.2 Å². The zero-order valence-corrected chi connectivity index (χ0v) is 8.30. The van der Waals surface area contributed by atoms with Crippen LogP contribution in [0.2, 0.25) is 0 Å². The summed E-state index contributed by atoms with van der Waals surface area (Å²) >= 11 is 0. The Bertz CT molecular complexity index is 492. The Morgan fingerprint density at radius 1 is 1.43 bits per heavy atom. The molecule has 0 amide bonds. The summed E-state index contributed by atoms with van der Waals surface area (Å²) in [5, 5.41) is 0. The number of fused-ring (bicyclic) bond motifs is 1. The second-order valence-corrected chi connectivity index (χ2v) is 4.46. The van der Waals surface area contributed by atoms with Crippen LogP contribution in [0.25, 0.3) is 11.0 Å². The molecule has 1 heterocycles. The predicted octanol–water partition coefficient (Wildman–Crippen LogP) is 2.80. The van der Waals surface area contributed by atoms with Gasteiger partial charge in [0, 0.05) is 5.41 Å². The van der Waals surface area contributed by atoms with E-state index in [1.165, 1.54) is 12.8 Å². The van der Waals surface area contributed by atoms with Crippen molar-refractivity contribution in [3.63, 3.8) is 0 Å². The average molecular weight is 185 g/mol. The monoisotopic (exact) mass is 185 g/mol. The molecule has 0 atom stereocenters. The maximum absolute atomic E-state index is 4.63. The number of hydrogen-bond donors (Lipinski definition) is 1. The van der Waals surface area contributed by atoms with Crippen molar-refractivity contribution in [2.24, 2.45) is 0 Å². The zero-order chi connectivity index (χ0) is 9.76. The third kappa shape index (κ3) is 0.999. The number of aromatic nitrogens is 2. The number of nitrogens with one attached hydrogen (secondary N) is 1. The molecule has 0 saturated heterocycles. The van der Waals surface area contributed by atoms with Crippen LogP contribution in [-0.2, 0) is 5.41 Å². The Hall–Kier alpha value is -1.31. The fraction of sp³-hybridized carbons (Fsp3) is 0.333. The summed E-state index contributed by atoms with van der Waals surface area (Å²) in [6.45, 7) is 6.24. The van der Waals surface area contributed by atoms with Gasteiger partial charge in [-0.15, -0.1) is 0 Å². The first-order valence-corrected chi connectivity index (χ1v) is 5.00. The van der Waals surface area contributed by atoms with Crippen LogP contribution in [0.1, 0.15) is 31.2 Å². The van der Waals surface area contributed by atoms with Crippen molar-refractivity contribution in [3.05, 3.63) is 36.5 Å². The van der Waals surface area contributed by atoms with Crippen molar-refractivity contribution >= 4 is 11.0 Å². The molecule has 1 aromatic carbocycles. The minimum absolute atomic E-state index is 0.311. The Morgan fingerprint density at radius 3 is 2.86 bits per heavy atom. The Balaban J connectivity index is 2.25. The highest BCUT2D eigenvalue weighted by Crippen LogP contribution is 2.46. The molecule has 1 aliphatic rings. The molecule has 1 radical (unpaired) electrons. The largest absolute Gasteiger partial charge is 0.342 e. The van der Waals surface area contributed by atoms with E-state index in [0.717, 1.165) is 22.4 Å². The fourth-order valence-corrected chi connectivity index (χ4v) is 1.80. The van der Waals surface area contributed by atoms with Crippen LogP contribution in [0, 0.1) is 6.92 Å². The van der Waals surface area contributed by atoms with Crippen LogP contribution < -0.4 is 0 Å². The van der Waals surface area contributed by atoms with Gasteiger partial charge in [-0.05, 0) is 31.4 Å². The number of aromatic amines is 1. The Labute approximate surface area is 83.4 Å². The van der Waals surface area contributed by atoms with Gasteiger partial charge in [0.2, 0.25) is 0 Å². The first-order valence-electron chi connectivity index (χ1n) is 5.00. The smallest absolute Gasteiger partial charge is 0.113 e. The lowest BCUT2D eigenvalue weighted by Gasteiger charge is -2.00. The number of H-pyrrole nitrogens is 1. The van der Waals surface area contributed by atoms with E-state index in [1.54, 1.807) is 0 Å². The van der Waals surface area contributed by atoms with Gasteiger partial charge in [0.1, 0.15) is 5.82 Å². The number of hydrogen-bond acceptors (Lipinski definition) is 1. The minimum Gasteiger partial charge on any atom is -0.342 e. The third-order valence-electron chi connectivity index (χ3n) is 3.17. The minimum atomic E-state index is 0.311. The highest BCUT2D eigenvalue weighted by Gasteiger charge is 2.41. The SMILES string of the molecule is [CH2]c1cccc2[nH]c(C3(C)CC3)nc12. The lowest BCUT2D eigenvalue weighted by atomic mass is 10.1. The summed E-state index contributed by atoms with van der Waals surface area (Å²) in [6.07, 6.45) is 2.50. The summed E-state index contributed by atoms with van der Waals surface area (Å²) in [7, 11) is 0. The molecule has 3 rings (SSSR count). The van der Waals surface area contributed by atoms with E-state index < -0.39 is 0 Å². The van der Waals surface area contributed by atoms with Crippen LogP contribution in [0.4, 0.5) is 0 Å². The molecule has 1 saturated carbocycles. The van der Waals surface area contributed by atoms with Gasteiger partial charge in [0.15, 0.2) is 0 Å². The van der Waals surface area contributed by atoms with Gasteiger partial charge < -0.3 is 4.98 Å². The molecule has 0 aliphatic heterocycles.